The van der Waals surface area contributed by atoms with Gasteiger partial charge in [-0.3, -0.25) is 0 Å². The fourth-order valence-corrected chi connectivity index (χ4v) is 5.36. The highest BCUT2D eigenvalue weighted by atomic mass is 16.5. The molecule has 8 nitrogen and oxygen atoms in total. The van der Waals surface area contributed by atoms with Gasteiger partial charge in [0.25, 0.3) is 0 Å². The summed E-state index contributed by atoms with van der Waals surface area (Å²) in [6, 6.07) is 21.5. The molecular formula is C45H56N2O6. The predicted octanol–water partition coefficient (Wildman–Crippen LogP) is 11.5. The van der Waals surface area contributed by atoms with Crippen molar-refractivity contribution in [2.75, 3.05) is 26.4 Å². The van der Waals surface area contributed by atoms with E-state index in [9.17, 15) is 9.59 Å². The van der Waals surface area contributed by atoms with Gasteiger partial charge in [-0.05, 0) is 105 Å². The van der Waals surface area contributed by atoms with Crippen LogP contribution in [0, 0.1) is 18.8 Å². The monoisotopic (exact) mass is 720 g/mol. The summed E-state index contributed by atoms with van der Waals surface area (Å²) >= 11 is 0. The highest BCUT2D eigenvalue weighted by molar-refractivity contribution is 5.81. The van der Waals surface area contributed by atoms with Crippen molar-refractivity contribution < 1.29 is 28.5 Å². The van der Waals surface area contributed by atoms with Crippen molar-refractivity contribution in [2.24, 2.45) is 10.2 Å². The molecule has 0 fully saturated rings. The van der Waals surface area contributed by atoms with E-state index in [0.29, 0.717) is 26.4 Å². The standard InChI is InChI=1S/C45H56N2O6/c1-4-44(48)52-34-18-14-10-6-8-12-16-32-50-41-27-22-38(23-28-41)20-21-39-24-31-43(37(3)36-39)47-46-40-25-29-42(30-26-40)51-33-17-13-9-7-11-15-19-35-53-45(49)5-2/h4-5,22-31,36H,1-2,6-19,32-35H2,3H3. The topological polar surface area (TPSA) is 95.8 Å². The van der Waals surface area contributed by atoms with E-state index in [1.807, 2.05) is 73.7 Å². The number of carbonyl (C=O) groups is 2. The first-order valence-electron chi connectivity index (χ1n) is 19.1. The van der Waals surface area contributed by atoms with Gasteiger partial charge in [-0.1, -0.05) is 89.2 Å². The van der Waals surface area contributed by atoms with E-state index >= 15 is 0 Å². The maximum absolute atomic E-state index is 11.0. The van der Waals surface area contributed by atoms with Crippen LogP contribution in [0.3, 0.4) is 0 Å². The third-order valence-corrected chi connectivity index (χ3v) is 8.45. The second-order valence-corrected chi connectivity index (χ2v) is 12.9. The molecule has 0 aliphatic rings. The molecule has 0 amide bonds. The summed E-state index contributed by atoms with van der Waals surface area (Å²) in [6.07, 6.45) is 17.7. The number of rotatable bonds is 26. The zero-order chi connectivity index (χ0) is 37.8. The van der Waals surface area contributed by atoms with Gasteiger partial charge in [-0.15, -0.1) is 0 Å². The molecule has 0 bridgehead atoms. The number of benzene rings is 3. The SMILES string of the molecule is C=CC(=O)OCCCCCCCCCOc1ccc(C#Cc2ccc(N=Nc3ccc(OCCCCCCCCCOC(=O)C=C)cc3)c(C)c2)cc1. The molecule has 0 aromatic heterocycles. The first-order valence-corrected chi connectivity index (χ1v) is 19.1. The van der Waals surface area contributed by atoms with Gasteiger partial charge >= 0.3 is 11.9 Å². The van der Waals surface area contributed by atoms with Crippen molar-refractivity contribution in [3.8, 4) is 23.3 Å². The lowest BCUT2D eigenvalue weighted by Crippen LogP contribution is -2.01. The lowest BCUT2D eigenvalue weighted by atomic mass is 10.1. The summed E-state index contributed by atoms with van der Waals surface area (Å²) in [7, 11) is 0. The van der Waals surface area contributed by atoms with Crippen LogP contribution in [-0.2, 0) is 19.1 Å². The Labute approximate surface area is 316 Å². The highest BCUT2D eigenvalue weighted by Crippen LogP contribution is 2.25. The van der Waals surface area contributed by atoms with Crippen LogP contribution >= 0.6 is 0 Å². The summed E-state index contributed by atoms with van der Waals surface area (Å²) < 4.78 is 21.8. The van der Waals surface area contributed by atoms with Gasteiger partial charge < -0.3 is 18.9 Å². The molecule has 3 rings (SSSR count). The second-order valence-electron chi connectivity index (χ2n) is 12.9. The van der Waals surface area contributed by atoms with Gasteiger partial charge in [0.15, 0.2) is 0 Å². The van der Waals surface area contributed by atoms with E-state index in [4.69, 9.17) is 18.9 Å². The van der Waals surface area contributed by atoms with E-state index in [-0.39, 0.29) is 11.9 Å². The maximum Gasteiger partial charge on any atom is 0.330 e. The number of carbonyl (C=O) groups excluding carboxylic acids is 2. The molecule has 53 heavy (non-hydrogen) atoms. The van der Waals surface area contributed by atoms with E-state index in [2.05, 4.69) is 35.2 Å². The first-order chi connectivity index (χ1) is 26.0. The minimum Gasteiger partial charge on any atom is -0.494 e. The Balaban J connectivity index is 1.27. The molecule has 0 spiro atoms. The Bertz CT molecular complexity index is 1620. The smallest absolute Gasteiger partial charge is 0.330 e. The normalized spacial score (nSPS) is 10.7. The minimum atomic E-state index is -0.347. The number of azo groups is 1. The van der Waals surface area contributed by atoms with Crippen LogP contribution in [0.1, 0.15) is 107 Å². The third-order valence-electron chi connectivity index (χ3n) is 8.45. The number of hydrogen-bond acceptors (Lipinski definition) is 8. The Morgan fingerprint density at radius 1 is 0.547 bits per heavy atom. The molecule has 282 valence electrons. The first kappa shape index (κ1) is 42.3. The second kappa shape index (κ2) is 26.6. The third kappa shape index (κ3) is 19.3. The molecule has 8 heteroatoms. The molecule has 0 aliphatic heterocycles. The van der Waals surface area contributed by atoms with Crippen LogP contribution < -0.4 is 9.47 Å². The quantitative estimate of drug-likeness (QED) is 0.0269. The molecule has 0 unspecified atom stereocenters. The molecule has 0 aliphatic carbocycles. The Hall–Kier alpha value is -5.16. The van der Waals surface area contributed by atoms with Crippen molar-refractivity contribution in [1.82, 2.24) is 0 Å². The number of ether oxygens (including phenoxy) is 4. The number of hydrogen-bond donors (Lipinski definition) is 0. The van der Waals surface area contributed by atoms with Crippen LogP contribution in [0.2, 0.25) is 0 Å². The van der Waals surface area contributed by atoms with Gasteiger partial charge in [-0.25, -0.2) is 9.59 Å². The molecule has 0 saturated heterocycles. The summed E-state index contributed by atoms with van der Waals surface area (Å²) in [5, 5.41) is 8.88. The lowest BCUT2D eigenvalue weighted by molar-refractivity contribution is -0.138. The van der Waals surface area contributed by atoms with E-state index in [1.165, 1.54) is 37.8 Å². The minimum absolute atomic E-state index is 0.346. The Morgan fingerprint density at radius 3 is 1.43 bits per heavy atom. The molecule has 0 radical (unpaired) electrons. The molecule has 3 aromatic carbocycles. The van der Waals surface area contributed by atoms with Gasteiger partial charge in [0.2, 0.25) is 0 Å². The van der Waals surface area contributed by atoms with E-state index in [0.717, 1.165) is 104 Å². The number of nitrogens with zero attached hydrogens (tertiary/aromatic N) is 2. The number of esters is 2. The molecule has 0 atom stereocenters. The van der Waals surface area contributed by atoms with Gasteiger partial charge in [-0.2, -0.15) is 10.2 Å². The van der Waals surface area contributed by atoms with Gasteiger partial charge in [0.05, 0.1) is 37.8 Å². The molecule has 3 aromatic rings. The van der Waals surface area contributed by atoms with Crippen LogP contribution in [0.5, 0.6) is 11.5 Å². The van der Waals surface area contributed by atoms with Crippen LogP contribution in [-0.4, -0.2) is 38.4 Å². The van der Waals surface area contributed by atoms with Gasteiger partial charge in [0.1, 0.15) is 11.5 Å². The van der Waals surface area contributed by atoms with E-state index in [1.54, 1.807) is 0 Å². The summed E-state index contributed by atoms with van der Waals surface area (Å²) in [4.78, 5) is 22.0. The average molecular weight is 721 g/mol. The summed E-state index contributed by atoms with van der Waals surface area (Å²) in [6.45, 7) is 11.1. The molecular weight excluding hydrogens is 665 g/mol. The van der Waals surface area contributed by atoms with Crippen LogP contribution in [0.25, 0.3) is 0 Å². The van der Waals surface area contributed by atoms with Crippen LogP contribution in [0.4, 0.5) is 11.4 Å². The van der Waals surface area contributed by atoms with Gasteiger partial charge in [0, 0.05) is 23.3 Å². The van der Waals surface area contributed by atoms with Crippen molar-refractivity contribution in [1.29, 1.82) is 0 Å². The fourth-order valence-electron chi connectivity index (χ4n) is 5.36. The zero-order valence-electron chi connectivity index (χ0n) is 31.5. The van der Waals surface area contributed by atoms with E-state index < -0.39 is 0 Å². The molecule has 0 saturated carbocycles. The predicted molar refractivity (Wildman–Crippen MR) is 212 cm³/mol. The highest BCUT2D eigenvalue weighted by Gasteiger charge is 2.02. The number of unbranched alkanes of at least 4 members (excludes halogenated alkanes) is 12. The van der Waals surface area contributed by atoms with Crippen molar-refractivity contribution in [3.63, 3.8) is 0 Å². The lowest BCUT2D eigenvalue weighted by Gasteiger charge is -2.06. The Kier molecular flexibility index (Phi) is 21.2. The van der Waals surface area contributed by atoms with Crippen molar-refractivity contribution in [3.05, 3.63) is 109 Å². The van der Waals surface area contributed by atoms with Crippen molar-refractivity contribution in [2.45, 2.75) is 96.8 Å². The molecule has 0 heterocycles. The Morgan fingerprint density at radius 2 is 0.962 bits per heavy atom. The summed E-state index contributed by atoms with van der Waals surface area (Å²) in [5.41, 5.74) is 4.42. The number of aryl methyl sites for hydroxylation is 1. The molecule has 0 N–H and O–H groups in total. The van der Waals surface area contributed by atoms with Crippen molar-refractivity contribution >= 4 is 23.3 Å². The average Bonchev–Trinajstić information content (AvgIpc) is 3.18. The largest absolute Gasteiger partial charge is 0.494 e. The zero-order valence-corrected chi connectivity index (χ0v) is 31.5. The maximum atomic E-state index is 11.0. The fraction of sp³-hybridized carbons (Fsp3) is 0.422. The van der Waals surface area contributed by atoms with Crippen LogP contribution in [0.15, 0.2) is 102 Å². The summed E-state index contributed by atoms with van der Waals surface area (Å²) in [5.74, 6) is 7.48.